The van der Waals surface area contributed by atoms with Crippen molar-refractivity contribution in [3.63, 3.8) is 0 Å². The highest BCUT2D eigenvalue weighted by Crippen LogP contribution is 2.26. The quantitative estimate of drug-likeness (QED) is 0.819. The molecule has 0 aliphatic rings. The van der Waals surface area contributed by atoms with Crippen molar-refractivity contribution >= 4 is 0 Å². The molecule has 0 aliphatic heterocycles. The van der Waals surface area contributed by atoms with Gasteiger partial charge in [-0.1, -0.05) is 51.1 Å². The summed E-state index contributed by atoms with van der Waals surface area (Å²) >= 11 is 0. The van der Waals surface area contributed by atoms with Gasteiger partial charge in [-0.2, -0.15) is 0 Å². The molecule has 1 atom stereocenters. The second-order valence-electron chi connectivity index (χ2n) is 6.38. The predicted molar refractivity (Wildman–Crippen MR) is 71.4 cm³/mol. The van der Waals surface area contributed by atoms with E-state index < -0.39 is 0 Å². The minimum atomic E-state index is -0.0887. The molecule has 0 radical (unpaired) electrons. The number of hydrogen-bond donors (Lipinski definition) is 1. The summed E-state index contributed by atoms with van der Waals surface area (Å²) in [6, 6.07) is 10.5. The van der Waals surface area contributed by atoms with Crippen molar-refractivity contribution in [2.45, 2.75) is 52.5 Å². The van der Waals surface area contributed by atoms with Crippen molar-refractivity contribution in [3.05, 3.63) is 35.9 Å². The standard InChI is InChI=1S/C15H25N/c1-14(2,3)10-11-15(4,16)12-13-8-6-5-7-9-13/h5-9H,10-12,16H2,1-4H3. The first kappa shape index (κ1) is 13.2. The van der Waals surface area contributed by atoms with E-state index in [2.05, 4.69) is 52.0 Å². The fourth-order valence-electron chi connectivity index (χ4n) is 1.81. The Bertz CT molecular complexity index is 306. The Morgan fingerprint density at radius 1 is 0.938 bits per heavy atom. The highest BCUT2D eigenvalue weighted by Gasteiger charge is 2.22. The average Bonchev–Trinajstić information content (AvgIpc) is 2.15. The number of nitrogens with two attached hydrogens (primary N) is 1. The van der Waals surface area contributed by atoms with Gasteiger partial charge in [0.15, 0.2) is 0 Å². The van der Waals surface area contributed by atoms with Gasteiger partial charge in [0.2, 0.25) is 0 Å². The second-order valence-corrected chi connectivity index (χ2v) is 6.38. The van der Waals surface area contributed by atoms with Crippen molar-refractivity contribution < 1.29 is 0 Å². The van der Waals surface area contributed by atoms with Gasteiger partial charge in [0.25, 0.3) is 0 Å². The molecule has 0 aliphatic carbocycles. The van der Waals surface area contributed by atoms with Crippen LogP contribution in [0.5, 0.6) is 0 Å². The van der Waals surface area contributed by atoms with E-state index in [0.717, 1.165) is 12.8 Å². The molecule has 1 rings (SSSR count). The molecule has 0 spiro atoms. The van der Waals surface area contributed by atoms with Crippen molar-refractivity contribution in [1.29, 1.82) is 0 Å². The van der Waals surface area contributed by atoms with Gasteiger partial charge < -0.3 is 5.73 Å². The van der Waals surface area contributed by atoms with Crippen molar-refractivity contribution in [1.82, 2.24) is 0 Å². The van der Waals surface area contributed by atoms with Crippen LogP contribution in [0.3, 0.4) is 0 Å². The molecule has 0 saturated carbocycles. The molecule has 2 N–H and O–H groups in total. The molecule has 0 bridgehead atoms. The first-order valence-corrected chi connectivity index (χ1v) is 6.11. The predicted octanol–water partition coefficient (Wildman–Crippen LogP) is 3.77. The molecule has 0 aromatic heterocycles. The van der Waals surface area contributed by atoms with Crippen LogP contribution in [0.4, 0.5) is 0 Å². The highest BCUT2D eigenvalue weighted by molar-refractivity contribution is 5.17. The first-order chi connectivity index (χ1) is 7.29. The Morgan fingerprint density at radius 2 is 1.50 bits per heavy atom. The first-order valence-electron chi connectivity index (χ1n) is 6.11. The summed E-state index contributed by atoms with van der Waals surface area (Å²) in [6.45, 7) is 8.97. The van der Waals surface area contributed by atoms with E-state index >= 15 is 0 Å². The molecule has 1 unspecified atom stereocenters. The summed E-state index contributed by atoms with van der Waals surface area (Å²) in [7, 11) is 0. The lowest BCUT2D eigenvalue weighted by Gasteiger charge is -2.29. The van der Waals surface area contributed by atoms with Crippen molar-refractivity contribution in [3.8, 4) is 0 Å². The highest BCUT2D eigenvalue weighted by atomic mass is 14.7. The summed E-state index contributed by atoms with van der Waals surface area (Å²) in [5.74, 6) is 0. The molecule has 0 amide bonds. The summed E-state index contributed by atoms with van der Waals surface area (Å²) in [5, 5.41) is 0. The van der Waals surface area contributed by atoms with Crippen LogP contribution in [0.2, 0.25) is 0 Å². The maximum Gasteiger partial charge on any atom is 0.0166 e. The molecule has 0 saturated heterocycles. The van der Waals surface area contributed by atoms with E-state index in [9.17, 15) is 0 Å². The third kappa shape index (κ3) is 5.32. The van der Waals surface area contributed by atoms with Gasteiger partial charge >= 0.3 is 0 Å². The smallest absolute Gasteiger partial charge is 0.0166 e. The lowest BCUT2D eigenvalue weighted by molar-refractivity contribution is 0.303. The minimum absolute atomic E-state index is 0.0887. The molecule has 90 valence electrons. The van der Waals surface area contributed by atoms with Gasteiger partial charge in [-0.25, -0.2) is 0 Å². The van der Waals surface area contributed by atoms with Crippen LogP contribution >= 0.6 is 0 Å². The summed E-state index contributed by atoms with van der Waals surface area (Å²) in [5.41, 5.74) is 7.97. The van der Waals surface area contributed by atoms with E-state index in [1.165, 1.54) is 12.0 Å². The molecular weight excluding hydrogens is 194 g/mol. The van der Waals surface area contributed by atoms with E-state index in [4.69, 9.17) is 5.73 Å². The topological polar surface area (TPSA) is 26.0 Å². The van der Waals surface area contributed by atoms with Crippen LogP contribution in [-0.4, -0.2) is 5.54 Å². The van der Waals surface area contributed by atoms with Crippen LogP contribution in [0.15, 0.2) is 30.3 Å². The van der Waals surface area contributed by atoms with E-state index in [1.807, 2.05) is 6.07 Å². The molecule has 1 aromatic rings. The molecule has 0 fully saturated rings. The van der Waals surface area contributed by atoms with Crippen LogP contribution in [0, 0.1) is 5.41 Å². The number of hydrogen-bond acceptors (Lipinski definition) is 1. The Balaban J connectivity index is 2.52. The number of rotatable bonds is 4. The Kier molecular flexibility index (Phi) is 4.15. The largest absolute Gasteiger partial charge is 0.325 e. The van der Waals surface area contributed by atoms with Gasteiger partial charge in [-0.3, -0.25) is 0 Å². The molecule has 1 nitrogen and oxygen atoms in total. The summed E-state index contributed by atoms with van der Waals surface area (Å²) < 4.78 is 0. The maximum atomic E-state index is 6.36. The third-order valence-corrected chi connectivity index (χ3v) is 2.90. The van der Waals surface area contributed by atoms with Gasteiger partial charge in [0.05, 0.1) is 0 Å². The Morgan fingerprint density at radius 3 is 2.00 bits per heavy atom. The van der Waals surface area contributed by atoms with E-state index in [-0.39, 0.29) is 5.54 Å². The van der Waals surface area contributed by atoms with Crippen molar-refractivity contribution in [2.24, 2.45) is 11.1 Å². The average molecular weight is 219 g/mol. The van der Waals surface area contributed by atoms with Gasteiger partial charge in [-0.15, -0.1) is 0 Å². The maximum absolute atomic E-state index is 6.36. The fourth-order valence-corrected chi connectivity index (χ4v) is 1.81. The molecule has 16 heavy (non-hydrogen) atoms. The number of benzene rings is 1. The molecule has 1 heteroatoms. The van der Waals surface area contributed by atoms with Crippen LogP contribution in [0.25, 0.3) is 0 Å². The lowest BCUT2D eigenvalue weighted by Crippen LogP contribution is -2.39. The fraction of sp³-hybridized carbons (Fsp3) is 0.600. The zero-order valence-electron chi connectivity index (χ0n) is 11.1. The van der Waals surface area contributed by atoms with Crippen LogP contribution in [0.1, 0.15) is 46.1 Å². The van der Waals surface area contributed by atoms with Gasteiger partial charge in [0.1, 0.15) is 0 Å². The summed E-state index contributed by atoms with van der Waals surface area (Å²) in [6.07, 6.45) is 3.21. The lowest BCUT2D eigenvalue weighted by atomic mass is 9.82. The molecular formula is C15H25N. The van der Waals surface area contributed by atoms with E-state index in [0.29, 0.717) is 5.41 Å². The second kappa shape index (κ2) is 5.01. The zero-order valence-corrected chi connectivity index (χ0v) is 11.1. The monoisotopic (exact) mass is 219 g/mol. The third-order valence-electron chi connectivity index (χ3n) is 2.90. The van der Waals surface area contributed by atoms with Crippen molar-refractivity contribution in [2.75, 3.05) is 0 Å². The van der Waals surface area contributed by atoms with Crippen LogP contribution < -0.4 is 5.73 Å². The summed E-state index contributed by atoms with van der Waals surface area (Å²) in [4.78, 5) is 0. The Labute approximate surface area is 100 Å². The normalized spacial score (nSPS) is 15.8. The Hall–Kier alpha value is -0.820. The van der Waals surface area contributed by atoms with Crippen LogP contribution in [-0.2, 0) is 6.42 Å². The van der Waals surface area contributed by atoms with E-state index in [1.54, 1.807) is 0 Å². The molecule has 0 heterocycles. The SMILES string of the molecule is CC(C)(C)CCC(C)(N)Cc1ccccc1. The van der Waals surface area contributed by atoms with Gasteiger partial charge in [0, 0.05) is 5.54 Å². The molecule has 1 aromatic carbocycles. The zero-order chi connectivity index (χ0) is 12.2. The minimum Gasteiger partial charge on any atom is -0.325 e. The van der Waals surface area contributed by atoms with Gasteiger partial charge in [-0.05, 0) is 37.2 Å².